The molecule has 0 aromatic heterocycles. The molecule has 3 atom stereocenters. The normalized spacial score (nSPS) is 18.3. The fourth-order valence-electron chi connectivity index (χ4n) is 14.9. The van der Waals surface area contributed by atoms with Gasteiger partial charge >= 0.3 is 96.3 Å². The number of aliphatic hydroxyl groups excluding tert-OH is 6. The van der Waals surface area contributed by atoms with Gasteiger partial charge in [0.25, 0.3) is 0 Å². The van der Waals surface area contributed by atoms with Crippen LogP contribution in [0, 0.1) is 25.7 Å². The summed E-state index contributed by atoms with van der Waals surface area (Å²) in [7, 11) is -16.9. The Kier molecular flexibility index (Phi) is 33.9. The van der Waals surface area contributed by atoms with Gasteiger partial charge in [0.15, 0.2) is 11.6 Å². The number of hydrogen-bond donors (Lipinski definition) is 6. The quantitative estimate of drug-likeness (QED) is 0.0206. The Bertz CT molecular complexity index is 5770. The van der Waals surface area contributed by atoms with Gasteiger partial charge in [-0.1, -0.05) is 256 Å². The molecule has 0 saturated carbocycles. The van der Waals surface area contributed by atoms with Crippen molar-refractivity contribution in [1.82, 2.24) is 0 Å². The zero-order chi connectivity index (χ0) is 89.5. The number of allylic oxidation sites excluding steroid dienone is 6. The molecule has 121 heavy (non-hydrogen) atoms. The third-order valence-electron chi connectivity index (χ3n) is 19.6. The molecule has 17 nitrogen and oxygen atoms in total. The summed E-state index contributed by atoms with van der Waals surface area (Å²) in [5.74, 6) is -2.02. The Hall–Kier alpha value is -3.82. The zero-order valence-electron chi connectivity index (χ0n) is 61.8. The maximum absolute atomic E-state index is 12.6. The number of halogens is 18. The first kappa shape index (κ1) is 103. The van der Waals surface area contributed by atoms with Crippen LogP contribution in [0.25, 0.3) is 46.7 Å². The molecule has 0 saturated heterocycles. The first-order valence-corrected chi connectivity index (χ1v) is 56.0. The number of ketones is 2. The predicted octanol–water partition coefficient (Wildman–Crippen LogP) is 25.6. The number of benzene rings is 8. The molecule has 8 aliphatic rings. The topological polar surface area (TPSA) is 286 Å². The van der Waals surface area contributed by atoms with Crippen molar-refractivity contribution in [2.45, 2.75) is 71.7 Å². The van der Waals surface area contributed by atoms with Gasteiger partial charge in [-0.3, -0.25) is 14.5 Å². The Balaban J connectivity index is 0.000000191. The second-order valence-electron chi connectivity index (χ2n) is 26.9. The van der Waals surface area contributed by atoms with Crippen LogP contribution in [0.3, 0.4) is 0 Å². The molecular formula is C81H59F9I9O17S3V2-. The molecule has 3 unspecified atom stereocenters. The van der Waals surface area contributed by atoms with E-state index in [9.17, 15) is 105 Å². The smallest absolute Gasteiger partial charge is 0 e. The van der Waals surface area contributed by atoms with Crippen molar-refractivity contribution in [3.8, 4) is 17.2 Å². The van der Waals surface area contributed by atoms with E-state index in [0.717, 1.165) is 86.3 Å². The van der Waals surface area contributed by atoms with Crippen molar-refractivity contribution < 1.29 is 146 Å². The third kappa shape index (κ3) is 21.4. The molecule has 0 fully saturated rings. The van der Waals surface area contributed by atoms with Gasteiger partial charge in [0.1, 0.15) is 51.7 Å². The molecule has 8 aliphatic carbocycles. The SMILES string of the molecule is C=Cc1ccc2c(c1)C1(C=C2O)C=C(O)c2ccc(C=C)cc21.Cc1ccc2c(c1)C1(C=C2O)C=C(O)c2ccc(OS(=O)(=O)C(F)(F)F)cc21.Cc1ccc2c(c1)C1(C=C2O)C=C(O)c2ccc(OS(=O)(=O)C(F)(F)F)cc21.Cc1ccc2c(c1)C1(CC2=O)CC(=O)c2ccc(OS(=O)(=O)C(F)(F)F)cc21.IC(I)I.IC(I)I.[CH2-]I.[I][V][I].[V]. The standard InChI is InChI=1S/C21H16O2.3C19H13F3O5S.2CHI3.CH2I.2HI.2V/c1-3-13-5-7-15-17(9-13)21(11-19(15)22)12-20(23)16-8-6-14(4-2)10-18(16)21;3*1-10-2-4-12-14(6-10)18(8-16(12)23)9-17(24)13-5-3-11(7-15(13)18)27-28(25,26)19(20,21)22;2*2-1(3)4;1-2;;;;/h3-12,22-23H,1-2H2;2-7H,8-9H2,1H3;2*2-9,23-24H,1H3;2*1H;1H2;2*1H;;/q;;;;;;-1;;;;+2/p-2. The van der Waals surface area contributed by atoms with Crippen molar-refractivity contribution in [2.24, 2.45) is 0 Å². The summed E-state index contributed by atoms with van der Waals surface area (Å²) in [6.45, 7) is 13.1. The van der Waals surface area contributed by atoms with E-state index in [-0.39, 0.29) is 83.1 Å². The molecule has 0 amide bonds. The van der Waals surface area contributed by atoms with Gasteiger partial charge in [0, 0.05) is 81.3 Å². The summed E-state index contributed by atoms with van der Waals surface area (Å²) in [6, 6.07) is 37.6. The maximum atomic E-state index is 12.6. The fourth-order valence-corrected chi connectivity index (χ4v) is 16.2. The van der Waals surface area contributed by atoms with Gasteiger partial charge in [0.05, 0.1) is 16.2 Å². The molecule has 6 N–H and O–H groups in total. The van der Waals surface area contributed by atoms with E-state index in [4.69, 9.17) is 0 Å². The Morgan fingerprint density at radius 1 is 0.380 bits per heavy atom. The second-order valence-corrected chi connectivity index (χ2v) is 65.0. The predicted molar refractivity (Wildman–Crippen MR) is 517 cm³/mol. The third-order valence-corrected chi connectivity index (χ3v) is 22.5. The van der Waals surface area contributed by atoms with Crippen LogP contribution in [0.5, 0.6) is 17.2 Å². The Morgan fingerprint density at radius 3 is 0.835 bits per heavy atom. The van der Waals surface area contributed by atoms with Crippen LogP contribution >= 0.6 is 198 Å². The summed E-state index contributed by atoms with van der Waals surface area (Å²) < 4.78 is 196. The molecule has 40 heteroatoms. The Morgan fingerprint density at radius 2 is 0.579 bits per heavy atom. The maximum Gasteiger partial charge on any atom is 0 e. The first-order chi connectivity index (χ1) is 55.8. The minimum absolute atomic E-state index is 0. The van der Waals surface area contributed by atoms with Crippen molar-refractivity contribution in [1.29, 1.82) is 0 Å². The number of aryl methyl sites for hydroxylation is 3. The number of Topliss-reactive ketones (excluding diaryl/α,β-unsaturated/α-hetero) is 2. The van der Waals surface area contributed by atoms with E-state index >= 15 is 0 Å². The van der Waals surface area contributed by atoms with Gasteiger partial charge in [0.2, 0.25) is 0 Å². The van der Waals surface area contributed by atoms with Gasteiger partial charge in [-0.2, -0.15) is 64.8 Å². The van der Waals surface area contributed by atoms with E-state index in [1.54, 1.807) is 78.9 Å². The van der Waals surface area contributed by atoms with Crippen LogP contribution in [0.1, 0.15) is 139 Å². The molecule has 8 aromatic carbocycles. The molecule has 8 aromatic rings. The van der Waals surface area contributed by atoms with E-state index in [0.29, 0.717) is 70.7 Å². The first-order valence-electron chi connectivity index (χ1n) is 33.8. The number of alkyl halides is 15. The van der Waals surface area contributed by atoms with Crippen LogP contribution in [-0.2, 0) is 80.0 Å². The Labute approximate surface area is 826 Å². The molecule has 640 valence electrons. The minimum atomic E-state index is -5.85. The van der Waals surface area contributed by atoms with E-state index in [2.05, 4.69) is 206 Å². The largest absolute Gasteiger partial charge is 0 e. The van der Waals surface area contributed by atoms with Crippen molar-refractivity contribution in [2.75, 3.05) is 0 Å². The number of fused-ring (bicyclic) bond motifs is 16. The average molecular weight is 2820 g/mol. The summed E-state index contributed by atoms with van der Waals surface area (Å²) in [5, 5.41) is 62.2. The molecule has 0 bridgehead atoms. The van der Waals surface area contributed by atoms with Crippen LogP contribution in [-0.4, -0.2) is 83.9 Å². The van der Waals surface area contributed by atoms with Gasteiger partial charge in [-0.05, 0) is 180 Å². The van der Waals surface area contributed by atoms with Gasteiger partial charge < -0.3 is 65.8 Å². The number of aliphatic hydroxyl groups is 6. The van der Waals surface area contributed by atoms with Gasteiger partial charge in [-0.15, -0.1) is 0 Å². The van der Waals surface area contributed by atoms with Crippen LogP contribution in [0.4, 0.5) is 39.5 Å². The number of hydrogen-bond acceptors (Lipinski definition) is 17. The summed E-state index contributed by atoms with van der Waals surface area (Å²) in [5.41, 5.74) is -7.52. The summed E-state index contributed by atoms with van der Waals surface area (Å²) in [4.78, 5) is 28.3. The number of rotatable bonds is 8. The number of carbonyl (C=O) groups is 2. The van der Waals surface area contributed by atoms with Crippen molar-refractivity contribution in [3.05, 3.63) is 317 Å². The second kappa shape index (κ2) is 40.0. The molecule has 0 aliphatic heterocycles. The minimum Gasteiger partial charge on any atom is 0 e. The van der Waals surface area contributed by atoms with Crippen molar-refractivity contribution >= 4 is 287 Å². The average Bonchev–Trinajstić information content (AvgIpc) is 1.56. The van der Waals surface area contributed by atoms with Crippen LogP contribution in [0.2, 0.25) is 0 Å². The fraction of sp³-hybridized carbons (Fsp3) is 0.173. The molecular weight excluding hydrogens is 2760 g/mol. The van der Waals surface area contributed by atoms with E-state index < -0.39 is 85.8 Å². The zero-order valence-corrected chi connectivity index (χ0v) is 86.4. The summed E-state index contributed by atoms with van der Waals surface area (Å²) in [6.07, 6.45) is 13.0. The van der Waals surface area contributed by atoms with Crippen LogP contribution in [0.15, 0.2) is 195 Å². The van der Waals surface area contributed by atoms with Gasteiger partial charge in [-0.25, -0.2) is 0 Å². The number of carbonyl (C=O) groups excluding carboxylic acids is 2. The molecule has 16 rings (SSSR count). The van der Waals surface area contributed by atoms with Crippen molar-refractivity contribution in [3.63, 3.8) is 0 Å². The van der Waals surface area contributed by atoms with Crippen LogP contribution < -0.4 is 12.5 Å². The molecule has 0 heterocycles. The van der Waals surface area contributed by atoms with E-state index in [1.165, 1.54) is 42.5 Å². The monoisotopic (exact) mass is 2810 g/mol. The molecule has 1 radical (unpaired) electrons. The van der Waals surface area contributed by atoms with E-state index in [1.807, 2.05) is 79.8 Å². The molecule has 4 spiro atoms. The summed E-state index contributed by atoms with van der Waals surface area (Å²) >= 11 is 20.5.